The fraction of sp³-hybridized carbons (Fsp3) is 0.409. The van der Waals surface area contributed by atoms with Crippen molar-refractivity contribution in [1.82, 2.24) is 14.9 Å². The first-order valence-electron chi connectivity index (χ1n) is 10.5. The summed E-state index contributed by atoms with van der Waals surface area (Å²) < 4.78 is 38.9. The number of fused-ring (bicyclic) bond motifs is 1. The summed E-state index contributed by atoms with van der Waals surface area (Å²) in [5, 5.41) is 2.46. The predicted octanol–water partition coefficient (Wildman–Crippen LogP) is 1.84. The van der Waals surface area contributed by atoms with Crippen molar-refractivity contribution in [2.24, 2.45) is 0 Å². The molecule has 11 heteroatoms. The zero-order valence-corrected chi connectivity index (χ0v) is 18.5. The van der Waals surface area contributed by atoms with Crippen LogP contribution in [0.3, 0.4) is 0 Å². The van der Waals surface area contributed by atoms with Gasteiger partial charge in [0.1, 0.15) is 23.9 Å². The third kappa shape index (κ3) is 5.48. The first kappa shape index (κ1) is 24.2. The number of benzene rings is 1. The van der Waals surface area contributed by atoms with Crippen LogP contribution in [0.2, 0.25) is 0 Å². The molecule has 0 fully saturated rings. The van der Waals surface area contributed by atoms with Gasteiger partial charge in [-0.15, -0.1) is 0 Å². The monoisotopic (exact) mass is 464 g/mol. The van der Waals surface area contributed by atoms with Gasteiger partial charge in [-0.25, -0.2) is 8.78 Å². The largest absolute Gasteiger partial charge is 0.487 e. The molecule has 0 radical (unpaired) electrons. The summed E-state index contributed by atoms with van der Waals surface area (Å²) in [6, 6.07) is 2.99. The van der Waals surface area contributed by atoms with Crippen LogP contribution in [-0.2, 0) is 11.3 Å². The van der Waals surface area contributed by atoms with Crippen molar-refractivity contribution < 1.29 is 27.8 Å². The summed E-state index contributed by atoms with van der Waals surface area (Å²) in [5.41, 5.74) is 1.97. The average molecular weight is 464 g/mol. The lowest BCUT2D eigenvalue weighted by Crippen LogP contribution is -2.48. The maximum absolute atomic E-state index is 13.9. The van der Waals surface area contributed by atoms with Crippen LogP contribution in [0.4, 0.5) is 8.78 Å². The molecule has 1 aliphatic heterocycles. The molecule has 0 unspecified atom stereocenters. The number of rotatable bonds is 10. The first-order valence-corrected chi connectivity index (χ1v) is 10.5. The quantitative estimate of drug-likeness (QED) is 0.521. The molecule has 2 aromatic rings. The molecule has 0 atom stereocenters. The van der Waals surface area contributed by atoms with Gasteiger partial charge in [0.05, 0.1) is 13.2 Å². The van der Waals surface area contributed by atoms with Crippen molar-refractivity contribution in [3.8, 4) is 5.75 Å². The molecule has 0 aliphatic carbocycles. The number of methoxy groups -OCH3 is 1. The average Bonchev–Trinajstić information content (AvgIpc) is 2.79. The first-order chi connectivity index (χ1) is 15.9. The van der Waals surface area contributed by atoms with Crippen molar-refractivity contribution in [1.29, 1.82) is 0 Å². The number of ether oxygens (including phenoxy) is 2. The lowest BCUT2D eigenvalue weighted by atomic mass is 10.1. The molecule has 33 heavy (non-hydrogen) atoms. The van der Waals surface area contributed by atoms with E-state index in [1.54, 1.807) is 0 Å². The van der Waals surface area contributed by atoms with E-state index in [0.29, 0.717) is 25.6 Å². The van der Waals surface area contributed by atoms with Gasteiger partial charge in [-0.3, -0.25) is 19.1 Å². The molecule has 1 aliphatic rings. The number of hydrogen-bond donors (Lipinski definition) is 2. The van der Waals surface area contributed by atoms with Crippen molar-refractivity contribution >= 4 is 11.8 Å². The number of aromatic nitrogens is 1. The fourth-order valence-electron chi connectivity index (χ4n) is 3.23. The van der Waals surface area contributed by atoms with E-state index >= 15 is 0 Å². The third-order valence-corrected chi connectivity index (χ3v) is 5.10. The summed E-state index contributed by atoms with van der Waals surface area (Å²) in [7, 11) is 1.52. The van der Waals surface area contributed by atoms with Gasteiger partial charge in [0.15, 0.2) is 11.4 Å². The molecule has 178 valence electrons. The normalized spacial score (nSPS) is 12.8. The summed E-state index contributed by atoms with van der Waals surface area (Å²) in [5.74, 6) is -3.00. The molecule has 3 rings (SSSR count). The molecule has 1 aromatic heterocycles. The van der Waals surface area contributed by atoms with E-state index in [1.165, 1.54) is 28.9 Å². The van der Waals surface area contributed by atoms with E-state index in [2.05, 4.69) is 10.7 Å². The summed E-state index contributed by atoms with van der Waals surface area (Å²) in [4.78, 5) is 40.3. The Morgan fingerprint density at radius 2 is 2.03 bits per heavy atom. The van der Waals surface area contributed by atoms with Crippen LogP contribution in [0, 0.1) is 11.6 Å². The lowest BCUT2D eigenvalue weighted by molar-refractivity contribution is 0.0659. The molecule has 2 amide bonds. The highest BCUT2D eigenvalue weighted by atomic mass is 19.1. The van der Waals surface area contributed by atoms with Crippen molar-refractivity contribution in [2.45, 2.75) is 26.3 Å². The van der Waals surface area contributed by atoms with Crippen molar-refractivity contribution in [2.75, 3.05) is 39.0 Å². The zero-order valence-electron chi connectivity index (χ0n) is 18.5. The van der Waals surface area contributed by atoms with E-state index in [4.69, 9.17) is 9.47 Å². The molecule has 9 nitrogen and oxygen atoms in total. The number of halogens is 2. The third-order valence-electron chi connectivity index (χ3n) is 5.10. The van der Waals surface area contributed by atoms with Crippen LogP contribution in [0.15, 0.2) is 29.2 Å². The minimum atomic E-state index is -0.815. The fourth-order valence-corrected chi connectivity index (χ4v) is 3.23. The van der Waals surface area contributed by atoms with E-state index < -0.39 is 28.9 Å². The number of nitrogens with zero attached hydrogens (tertiary/aromatic N) is 2. The van der Waals surface area contributed by atoms with Crippen LogP contribution < -0.4 is 20.9 Å². The molecular formula is C22H26F2N4O5. The van der Waals surface area contributed by atoms with Crippen molar-refractivity contribution in [3.63, 3.8) is 0 Å². The Morgan fingerprint density at radius 1 is 1.24 bits per heavy atom. The Bertz CT molecular complexity index is 1090. The maximum atomic E-state index is 13.9. The highest BCUT2D eigenvalue weighted by Gasteiger charge is 2.31. The molecule has 0 saturated carbocycles. The number of carbonyl (C=O) groups excluding carboxylic acids is 2. The molecule has 1 aromatic carbocycles. The second-order valence-corrected chi connectivity index (χ2v) is 7.42. The van der Waals surface area contributed by atoms with E-state index in [9.17, 15) is 23.2 Å². The standard InChI is InChI=1S/C22H26F2N4O5/c1-3-4-8-33-20-18-22(31)27(7-9-32-2)13-26-28(18)12-16(19(20)29)21(30)25-11-14-5-6-15(23)10-17(14)24/h5-6,10,12,26H,3-4,7-9,11,13H2,1-2H3,(H,25,30). The number of carbonyl (C=O) groups is 2. The Hall–Kier alpha value is -3.47. The van der Waals surface area contributed by atoms with Crippen molar-refractivity contribution in [3.05, 3.63) is 63.1 Å². The van der Waals surface area contributed by atoms with E-state index in [-0.39, 0.29) is 42.4 Å². The van der Waals surface area contributed by atoms with Crippen LogP contribution in [0.5, 0.6) is 5.75 Å². The Balaban J connectivity index is 1.91. The molecule has 0 spiro atoms. The highest BCUT2D eigenvalue weighted by Crippen LogP contribution is 2.20. The minimum Gasteiger partial charge on any atom is -0.487 e. The maximum Gasteiger partial charge on any atom is 0.277 e. The SMILES string of the molecule is CCCCOc1c2n(cc(C(=O)NCc3ccc(F)cc3F)c1=O)NCN(CCOC)C2=O. The van der Waals surface area contributed by atoms with E-state index in [0.717, 1.165) is 12.5 Å². The van der Waals surface area contributed by atoms with Gasteiger partial charge in [-0.05, 0) is 12.5 Å². The van der Waals surface area contributed by atoms with Gasteiger partial charge in [0.25, 0.3) is 11.8 Å². The van der Waals surface area contributed by atoms with Gasteiger partial charge in [-0.1, -0.05) is 19.4 Å². The lowest BCUT2D eigenvalue weighted by Gasteiger charge is -2.32. The smallest absolute Gasteiger partial charge is 0.277 e. The minimum absolute atomic E-state index is 0.0143. The van der Waals surface area contributed by atoms with Crippen LogP contribution in [-0.4, -0.2) is 54.9 Å². The number of pyridine rings is 1. The highest BCUT2D eigenvalue weighted by molar-refractivity contribution is 5.99. The second kappa shape index (κ2) is 10.9. The topological polar surface area (TPSA) is 102 Å². The number of amides is 2. The Labute approximate surface area is 189 Å². The molecule has 0 saturated heterocycles. The molecule has 2 N–H and O–H groups in total. The second-order valence-electron chi connectivity index (χ2n) is 7.42. The Morgan fingerprint density at radius 3 is 2.73 bits per heavy atom. The predicted molar refractivity (Wildman–Crippen MR) is 116 cm³/mol. The van der Waals surface area contributed by atoms with E-state index in [1.807, 2.05) is 6.92 Å². The van der Waals surface area contributed by atoms with Crippen LogP contribution in [0.1, 0.15) is 46.2 Å². The van der Waals surface area contributed by atoms with Gasteiger partial charge in [0, 0.05) is 38.0 Å². The number of unbranched alkanes of at least 4 members (excludes halogenated alkanes) is 1. The Kier molecular flexibility index (Phi) is 7.99. The summed E-state index contributed by atoms with van der Waals surface area (Å²) in [6.07, 6.45) is 2.67. The van der Waals surface area contributed by atoms with Crippen LogP contribution in [0.25, 0.3) is 0 Å². The number of nitrogens with one attached hydrogen (secondary N) is 2. The van der Waals surface area contributed by atoms with Gasteiger partial charge in [-0.2, -0.15) is 0 Å². The van der Waals surface area contributed by atoms with Crippen LogP contribution >= 0.6 is 0 Å². The zero-order chi connectivity index (χ0) is 24.0. The molecular weight excluding hydrogens is 438 g/mol. The van der Waals surface area contributed by atoms with Gasteiger partial charge in [0.2, 0.25) is 5.43 Å². The summed E-state index contributed by atoms with van der Waals surface area (Å²) in [6.45, 7) is 2.63. The molecule has 0 bridgehead atoms. The van der Waals surface area contributed by atoms with Gasteiger partial charge < -0.3 is 25.1 Å². The molecule has 2 heterocycles. The number of hydrogen-bond acceptors (Lipinski definition) is 6. The summed E-state index contributed by atoms with van der Waals surface area (Å²) >= 11 is 0. The van der Waals surface area contributed by atoms with Gasteiger partial charge >= 0.3 is 0 Å².